The molecule has 90 valence electrons. The van der Waals surface area contributed by atoms with Gasteiger partial charge in [-0.25, -0.2) is 0 Å². The average molecular weight is 228 g/mol. The van der Waals surface area contributed by atoms with Crippen molar-refractivity contribution in [1.82, 2.24) is 4.98 Å². The molecule has 0 atom stereocenters. The molecule has 3 rings (SSSR count). The van der Waals surface area contributed by atoms with Gasteiger partial charge < -0.3 is 10.7 Å². The highest BCUT2D eigenvalue weighted by molar-refractivity contribution is 5.81. The van der Waals surface area contributed by atoms with Gasteiger partial charge in [-0.2, -0.15) is 0 Å². The Morgan fingerprint density at radius 1 is 1.29 bits per heavy atom. The van der Waals surface area contributed by atoms with Crippen molar-refractivity contribution in [2.24, 2.45) is 5.73 Å². The Morgan fingerprint density at radius 2 is 2.06 bits per heavy atom. The summed E-state index contributed by atoms with van der Waals surface area (Å²) in [5.74, 6) is 0.585. The molecule has 1 aliphatic rings. The number of H-pyrrole nitrogens is 1. The van der Waals surface area contributed by atoms with E-state index in [0.717, 1.165) is 6.54 Å². The number of benzene rings is 1. The van der Waals surface area contributed by atoms with E-state index in [1.165, 1.54) is 35.0 Å². The van der Waals surface area contributed by atoms with Crippen molar-refractivity contribution in [3.05, 3.63) is 35.5 Å². The number of fused-ring (bicyclic) bond motifs is 1. The zero-order chi connectivity index (χ0) is 12.0. The maximum absolute atomic E-state index is 5.88. The normalized spacial score (nSPS) is 17.9. The van der Waals surface area contributed by atoms with Crippen LogP contribution in [0.2, 0.25) is 0 Å². The standard InChI is InChI=1S/C15H20N2/c1-10(2)11-3-4-13-12(7-11)8-14(17-13)15(9-16)5-6-15/h3-4,7-8,10,17H,5-6,9,16H2,1-2H3. The fourth-order valence-electron chi connectivity index (χ4n) is 2.53. The van der Waals surface area contributed by atoms with Gasteiger partial charge in [-0.1, -0.05) is 19.9 Å². The third-order valence-electron chi connectivity index (χ3n) is 4.13. The van der Waals surface area contributed by atoms with Crippen LogP contribution in [-0.2, 0) is 5.41 Å². The van der Waals surface area contributed by atoms with Gasteiger partial charge in [-0.15, -0.1) is 0 Å². The van der Waals surface area contributed by atoms with E-state index < -0.39 is 0 Å². The predicted molar refractivity (Wildman–Crippen MR) is 72.4 cm³/mol. The highest BCUT2D eigenvalue weighted by atomic mass is 14.8. The number of rotatable bonds is 3. The van der Waals surface area contributed by atoms with Crippen molar-refractivity contribution in [2.75, 3.05) is 6.54 Å². The van der Waals surface area contributed by atoms with Crippen LogP contribution in [0, 0.1) is 0 Å². The van der Waals surface area contributed by atoms with Crippen LogP contribution in [-0.4, -0.2) is 11.5 Å². The van der Waals surface area contributed by atoms with Crippen LogP contribution in [0.25, 0.3) is 10.9 Å². The molecule has 1 aromatic carbocycles. The smallest absolute Gasteiger partial charge is 0.0456 e. The van der Waals surface area contributed by atoms with Crippen molar-refractivity contribution in [3.63, 3.8) is 0 Å². The number of hydrogen-bond acceptors (Lipinski definition) is 1. The monoisotopic (exact) mass is 228 g/mol. The number of hydrogen-bond donors (Lipinski definition) is 2. The van der Waals surface area contributed by atoms with Crippen LogP contribution in [0.4, 0.5) is 0 Å². The number of nitrogens with one attached hydrogen (secondary N) is 1. The van der Waals surface area contributed by atoms with Crippen LogP contribution >= 0.6 is 0 Å². The van der Waals surface area contributed by atoms with Crippen LogP contribution < -0.4 is 5.73 Å². The van der Waals surface area contributed by atoms with Gasteiger partial charge in [0.05, 0.1) is 0 Å². The lowest BCUT2D eigenvalue weighted by molar-refractivity contribution is 0.686. The second-order valence-corrected chi connectivity index (χ2v) is 5.67. The first-order chi connectivity index (χ1) is 8.14. The summed E-state index contributed by atoms with van der Waals surface area (Å²) in [6, 6.07) is 9.00. The van der Waals surface area contributed by atoms with Crippen LogP contribution in [0.5, 0.6) is 0 Å². The Kier molecular flexibility index (Phi) is 2.30. The van der Waals surface area contributed by atoms with Crippen molar-refractivity contribution in [2.45, 2.75) is 38.0 Å². The second-order valence-electron chi connectivity index (χ2n) is 5.67. The van der Waals surface area contributed by atoms with Gasteiger partial charge in [0.15, 0.2) is 0 Å². The quantitative estimate of drug-likeness (QED) is 0.831. The Labute approximate surface area is 102 Å². The minimum Gasteiger partial charge on any atom is -0.358 e. The van der Waals surface area contributed by atoms with Gasteiger partial charge in [-0.05, 0) is 47.9 Å². The Balaban J connectivity index is 2.07. The molecule has 17 heavy (non-hydrogen) atoms. The fraction of sp³-hybridized carbons (Fsp3) is 0.467. The lowest BCUT2D eigenvalue weighted by atomic mass is 10.0. The maximum Gasteiger partial charge on any atom is 0.0456 e. The molecule has 2 aromatic rings. The third-order valence-corrected chi connectivity index (χ3v) is 4.13. The number of aromatic amines is 1. The minimum atomic E-state index is 0.261. The third kappa shape index (κ3) is 1.67. The van der Waals surface area contributed by atoms with Crippen LogP contribution in [0.3, 0.4) is 0 Å². The first-order valence-corrected chi connectivity index (χ1v) is 6.48. The summed E-state index contributed by atoms with van der Waals surface area (Å²) in [5, 5.41) is 1.32. The van der Waals surface area contributed by atoms with E-state index in [4.69, 9.17) is 5.73 Å². The van der Waals surface area contributed by atoms with Gasteiger partial charge in [0, 0.05) is 23.2 Å². The van der Waals surface area contributed by atoms with E-state index in [-0.39, 0.29) is 5.41 Å². The summed E-state index contributed by atoms with van der Waals surface area (Å²) in [4.78, 5) is 3.54. The zero-order valence-electron chi connectivity index (χ0n) is 10.6. The first kappa shape index (κ1) is 10.8. The maximum atomic E-state index is 5.88. The highest BCUT2D eigenvalue weighted by Crippen LogP contribution is 2.47. The van der Waals surface area contributed by atoms with E-state index in [0.29, 0.717) is 5.92 Å². The highest BCUT2D eigenvalue weighted by Gasteiger charge is 2.44. The van der Waals surface area contributed by atoms with E-state index in [9.17, 15) is 0 Å². The molecule has 1 aromatic heterocycles. The van der Waals surface area contributed by atoms with Gasteiger partial charge in [0.1, 0.15) is 0 Å². The van der Waals surface area contributed by atoms with Crippen LogP contribution in [0.15, 0.2) is 24.3 Å². The first-order valence-electron chi connectivity index (χ1n) is 6.48. The summed E-state index contributed by atoms with van der Waals surface area (Å²) in [7, 11) is 0. The summed E-state index contributed by atoms with van der Waals surface area (Å²) >= 11 is 0. The molecule has 3 N–H and O–H groups in total. The molecule has 1 aliphatic carbocycles. The summed E-state index contributed by atoms with van der Waals surface area (Å²) < 4.78 is 0. The van der Waals surface area contributed by atoms with E-state index >= 15 is 0 Å². The minimum absolute atomic E-state index is 0.261. The fourth-order valence-corrected chi connectivity index (χ4v) is 2.53. The summed E-state index contributed by atoms with van der Waals surface area (Å²) in [6.07, 6.45) is 2.46. The van der Waals surface area contributed by atoms with Crippen molar-refractivity contribution in [3.8, 4) is 0 Å². The van der Waals surface area contributed by atoms with E-state index in [2.05, 4.69) is 43.1 Å². The molecule has 0 aliphatic heterocycles. The zero-order valence-corrected chi connectivity index (χ0v) is 10.6. The molecule has 1 fully saturated rings. The molecule has 1 saturated carbocycles. The van der Waals surface area contributed by atoms with Crippen LogP contribution in [0.1, 0.15) is 43.9 Å². The topological polar surface area (TPSA) is 41.8 Å². The largest absolute Gasteiger partial charge is 0.358 e. The van der Waals surface area contributed by atoms with Crippen molar-refractivity contribution < 1.29 is 0 Å². The Hall–Kier alpha value is -1.28. The molecular weight excluding hydrogens is 208 g/mol. The Morgan fingerprint density at radius 3 is 2.65 bits per heavy atom. The SMILES string of the molecule is CC(C)c1ccc2[nH]c(C3(CN)CC3)cc2c1. The predicted octanol–water partition coefficient (Wildman–Crippen LogP) is 3.28. The van der Waals surface area contributed by atoms with E-state index in [1.807, 2.05) is 0 Å². The molecule has 0 amide bonds. The van der Waals surface area contributed by atoms with Gasteiger partial charge in [-0.3, -0.25) is 0 Å². The number of nitrogens with two attached hydrogens (primary N) is 1. The number of aromatic nitrogens is 1. The lowest BCUT2D eigenvalue weighted by Crippen LogP contribution is -2.19. The molecule has 2 heteroatoms. The van der Waals surface area contributed by atoms with E-state index in [1.54, 1.807) is 0 Å². The van der Waals surface area contributed by atoms with Crippen molar-refractivity contribution >= 4 is 10.9 Å². The summed E-state index contributed by atoms with van der Waals surface area (Å²) in [5.41, 5.74) is 10.1. The second kappa shape index (κ2) is 3.61. The molecule has 1 heterocycles. The summed E-state index contributed by atoms with van der Waals surface area (Å²) in [6.45, 7) is 5.23. The van der Waals surface area contributed by atoms with Gasteiger partial charge in [0.2, 0.25) is 0 Å². The molecule has 2 nitrogen and oxygen atoms in total. The van der Waals surface area contributed by atoms with Gasteiger partial charge in [0.25, 0.3) is 0 Å². The average Bonchev–Trinajstić information content (AvgIpc) is 3.01. The molecule has 0 saturated heterocycles. The molecule has 0 unspecified atom stereocenters. The molecule has 0 bridgehead atoms. The Bertz CT molecular complexity index is 547. The molecule has 0 radical (unpaired) electrons. The van der Waals surface area contributed by atoms with Crippen molar-refractivity contribution in [1.29, 1.82) is 0 Å². The lowest BCUT2D eigenvalue weighted by Gasteiger charge is -2.08. The van der Waals surface area contributed by atoms with Gasteiger partial charge >= 0.3 is 0 Å². The molecular formula is C15H20N2. The molecule has 0 spiro atoms.